The van der Waals surface area contributed by atoms with E-state index in [2.05, 4.69) is 20.9 Å². The molecule has 0 amide bonds. The normalized spacial score (nSPS) is 10.7. The van der Waals surface area contributed by atoms with Gasteiger partial charge in [-0.1, -0.05) is 15.9 Å². The van der Waals surface area contributed by atoms with E-state index in [9.17, 15) is 8.78 Å². The minimum absolute atomic E-state index is 0.248. The molecule has 0 unspecified atom stereocenters. The number of halogens is 3. The fourth-order valence-electron chi connectivity index (χ4n) is 1.11. The number of alkyl halides is 3. The van der Waals surface area contributed by atoms with Gasteiger partial charge < -0.3 is 4.74 Å². The zero-order valence-corrected chi connectivity index (χ0v) is 9.44. The Morgan fingerprint density at radius 1 is 1.57 bits per heavy atom. The van der Waals surface area contributed by atoms with Crippen LogP contribution in [0.1, 0.15) is 23.2 Å². The first-order valence-corrected chi connectivity index (χ1v) is 5.10. The second-order valence-electron chi connectivity index (χ2n) is 2.77. The molecular weight excluding hydrogens is 256 g/mol. The van der Waals surface area contributed by atoms with Crippen molar-refractivity contribution in [3.8, 4) is 5.88 Å². The summed E-state index contributed by atoms with van der Waals surface area (Å²) in [6, 6.07) is 1.39. The molecule has 0 radical (unpaired) electrons. The molecule has 78 valence electrons. The molecule has 14 heavy (non-hydrogen) atoms. The van der Waals surface area contributed by atoms with E-state index < -0.39 is 6.43 Å². The summed E-state index contributed by atoms with van der Waals surface area (Å²) in [5, 5.41) is 0.511. The van der Waals surface area contributed by atoms with Crippen molar-refractivity contribution in [2.45, 2.75) is 18.7 Å². The van der Waals surface area contributed by atoms with Crippen LogP contribution < -0.4 is 4.74 Å². The number of pyridine rings is 1. The maximum Gasteiger partial charge on any atom is 0.280 e. The van der Waals surface area contributed by atoms with Gasteiger partial charge in [-0.15, -0.1) is 0 Å². The molecule has 5 heteroatoms. The maximum absolute atomic E-state index is 12.4. The molecule has 0 spiro atoms. The lowest BCUT2D eigenvalue weighted by Crippen LogP contribution is -2.00. The van der Waals surface area contributed by atoms with Crippen LogP contribution in [0.15, 0.2) is 6.07 Å². The highest BCUT2D eigenvalue weighted by atomic mass is 79.9. The highest BCUT2D eigenvalue weighted by Crippen LogP contribution is 2.26. The standard InChI is InChI=1S/C9H10BrF2NO/c1-5-6(4-10)3-7(8(11)12)13-9(5)14-2/h3,8H,4H2,1-2H3. The Kier molecular flexibility index (Phi) is 3.80. The van der Waals surface area contributed by atoms with Gasteiger partial charge in [0.1, 0.15) is 5.69 Å². The molecule has 2 nitrogen and oxygen atoms in total. The van der Waals surface area contributed by atoms with Crippen LogP contribution in [0.4, 0.5) is 8.78 Å². The summed E-state index contributed by atoms with van der Waals surface area (Å²) in [5.74, 6) is 0.261. The topological polar surface area (TPSA) is 22.1 Å². The van der Waals surface area contributed by atoms with E-state index in [0.29, 0.717) is 5.33 Å². The van der Waals surface area contributed by atoms with E-state index in [1.807, 2.05) is 0 Å². The molecule has 0 aliphatic carbocycles. The second-order valence-corrected chi connectivity index (χ2v) is 3.34. The first kappa shape index (κ1) is 11.4. The van der Waals surface area contributed by atoms with Crippen LogP contribution in [0.5, 0.6) is 5.88 Å². The molecule has 1 aromatic rings. The molecule has 0 aliphatic rings. The van der Waals surface area contributed by atoms with E-state index in [0.717, 1.165) is 11.1 Å². The third-order valence-corrected chi connectivity index (χ3v) is 2.52. The predicted octanol–water partition coefficient (Wildman–Crippen LogP) is 3.23. The Hall–Kier alpha value is -0.710. The van der Waals surface area contributed by atoms with Crippen LogP contribution >= 0.6 is 15.9 Å². The van der Waals surface area contributed by atoms with Crippen molar-refractivity contribution in [2.75, 3.05) is 7.11 Å². The summed E-state index contributed by atoms with van der Waals surface area (Å²) >= 11 is 3.23. The van der Waals surface area contributed by atoms with Crippen LogP contribution in [0, 0.1) is 6.92 Å². The van der Waals surface area contributed by atoms with E-state index >= 15 is 0 Å². The molecule has 1 heterocycles. The van der Waals surface area contributed by atoms with Crippen LogP contribution in [-0.4, -0.2) is 12.1 Å². The maximum atomic E-state index is 12.4. The summed E-state index contributed by atoms with van der Waals surface area (Å²) in [6.07, 6.45) is -2.57. The average molecular weight is 266 g/mol. The van der Waals surface area contributed by atoms with Gasteiger partial charge in [0, 0.05) is 10.9 Å². The van der Waals surface area contributed by atoms with E-state index in [1.54, 1.807) is 6.92 Å². The Labute approximate surface area is 89.4 Å². The summed E-state index contributed by atoms with van der Waals surface area (Å²) in [7, 11) is 1.42. The first-order valence-electron chi connectivity index (χ1n) is 3.98. The smallest absolute Gasteiger partial charge is 0.280 e. The van der Waals surface area contributed by atoms with Crippen molar-refractivity contribution >= 4 is 15.9 Å². The highest BCUT2D eigenvalue weighted by molar-refractivity contribution is 9.08. The highest BCUT2D eigenvalue weighted by Gasteiger charge is 2.14. The number of aromatic nitrogens is 1. The molecule has 0 aromatic carbocycles. The first-order chi connectivity index (χ1) is 6.60. The Morgan fingerprint density at radius 2 is 2.21 bits per heavy atom. The molecular formula is C9H10BrF2NO. The van der Waals surface area contributed by atoms with Crippen LogP contribution in [0.25, 0.3) is 0 Å². The summed E-state index contributed by atoms with van der Waals surface area (Å²) in [6.45, 7) is 1.79. The number of nitrogens with zero attached hydrogens (tertiary/aromatic N) is 1. The summed E-state index contributed by atoms with van der Waals surface area (Å²) < 4.78 is 29.7. The SMILES string of the molecule is COc1nc(C(F)F)cc(CBr)c1C. The number of methoxy groups -OCH3 is 1. The van der Waals surface area contributed by atoms with Gasteiger partial charge in [0.25, 0.3) is 6.43 Å². The predicted molar refractivity (Wildman–Crippen MR) is 53.1 cm³/mol. The number of hydrogen-bond donors (Lipinski definition) is 0. The van der Waals surface area contributed by atoms with Crippen molar-refractivity contribution in [3.63, 3.8) is 0 Å². The summed E-state index contributed by atoms with van der Waals surface area (Å²) in [5.41, 5.74) is 1.31. The van der Waals surface area contributed by atoms with Gasteiger partial charge in [0.2, 0.25) is 5.88 Å². The molecule has 1 aromatic heterocycles. The van der Waals surface area contributed by atoms with Gasteiger partial charge in [-0.3, -0.25) is 0 Å². The molecule has 0 N–H and O–H groups in total. The quantitative estimate of drug-likeness (QED) is 0.783. The van der Waals surface area contributed by atoms with Crippen LogP contribution in [-0.2, 0) is 5.33 Å². The minimum Gasteiger partial charge on any atom is -0.481 e. The third-order valence-electron chi connectivity index (χ3n) is 1.92. The zero-order chi connectivity index (χ0) is 10.7. The van der Waals surface area contributed by atoms with E-state index in [-0.39, 0.29) is 11.6 Å². The molecule has 0 saturated heterocycles. The van der Waals surface area contributed by atoms with Gasteiger partial charge in [0.15, 0.2) is 0 Å². The lowest BCUT2D eigenvalue weighted by Gasteiger charge is -2.10. The molecule has 0 bridgehead atoms. The molecule has 0 atom stereocenters. The fourth-order valence-corrected chi connectivity index (χ4v) is 1.69. The van der Waals surface area contributed by atoms with Crippen molar-refractivity contribution in [2.24, 2.45) is 0 Å². The number of ether oxygens (including phenoxy) is 1. The van der Waals surface area contributed by atoms with Crippen LogP contribution in [0.3, 0.4) is 0 Å². The van der Waals surface area contributed by atoms with Crippen LogP contribution in [0.2, 0.25) is 0 Å². The molecule has 1 rings (SSSR count). The van der Waals surface area contributed by atoms with Crippen molar-refractivity contribution < 1.29 is 13.5 Å². The summed E-state index contributed by atoms with van der Waals surface area (Å²) in [4.78, 5) is 3.71. The van der Waals surface area contributed by atoms with E-state index in [4.69, 9.17) is 4.74 Å². The van der Waals surface area contributed by atoms with Gasteiger partial charge >= 0.3 is 0 Å². The van der Waals surface area contributed by atoms with Gasteiger partial charge in [-0.05, 0) is 18.6 Å². The lowest BCUT2D eigenvalue weighted by atomic mass is 10.1. The Balaban J connectivity index is 3.25. The zero-order valence-electron chi connectivity index (χ0n) is 7.85. The lowest BCUT2D eigenvalue weighted by molar-refractivity contribution is 0.145. The second kappa shape index (κ2) is 4.68. The van der Waals surface area contributed by atoms with Crippen molar-refractivity contribution in [3.05, 3.63) is 22.9 Å². The largest absolute Gasteiger partial charge is 0.481 e. The fraction of sp³-hybridized carbons (Fsp3) is 0.444. The molecule has 0 aliphatic heterocycles. The third kappa shape index (κ3) is 2.20. The van der Waals surface area contributed by atoms with Gasteiger partial charge in [-0.25, -0.2) is 13.8 Å². The molecule has 0 saturated carbocycles. The van der Waals surface area contributed by atoms with Crippen molar-refractivity contribution in [1.82, 2.24) is 4.98 Å². The van der Waals surface area contributed by atoms with Gasteiger partial charge in [0.05, 0.1) is 7.11 Å². The monoisotopic (exact) mass is 265 g/mol. The average Bonchev–Trinajstić information content (AvgIpc) is 2.17. The number of hydrogen-bond acceptors (Lipinski definition) is 2. The Morgan fingerprint density at radius 3 is 2.64 bits per heavy atom. The molecule has 0 fully saturated rings. The van der Waals surface area contributed by atoms with E-state index in [1.165, 1.54) is 13.2 Å². The van der Waals surface area contributed by atoms with Gasteiger partial charge in [-0.2, -0.15) is 0 Å². The van der Waals surface area contributed by atoms with Crippen molar-refractivity contribution in [1.29, 1.82) is 0 Å². The Bertz CT molecular complexity index is 306. The minimum atomic E-state index is -2.57. The number of rotatable bonds is 3.